The molecule has 1 aromatic carbocycles. The minimum Gasteiger partial charge on any atom is -0.309 e. The van der Waals surface area contributed by atoms with Crippen molar-refractivity contribution in [3.05, 3.63) is 59.0 Å². The maximum atomic E-state index is 4.39. The lowest BCUT2D eigenvalue weighted by Gasteiger charge is -2.10. The number of likely N-dealkylation sites (N-methyl/N-ethyl adjacent to an activating group) is 1. The molecule has 3 nitrogen and oxygen atoms in total. The van der Waals surface area contributed by atoms with Crippen LogP contribution in [-0.2, 0) is 19.3 Å². The summed E-state index contributed by atoms with van der Waals surface area (Å²) < 4.78 is 1.39. The lowest BCUT2D eigenvalue weighted by molar-refractivity contribution is 0.414. The molecule has 0 aliphatic heterocycles. The summed E-state index contributed by atoms with van der Waals surface area (Å²) in [6, 6.07) is 8.74. The largest absolute Gasteiger partial charge is 0.309 e. The molecule has 0 bridgehead atoms. The van der Waals surface area contributed by atoms with Gasteiger partial charge in [0.2, 0.25) is 0 Å². The number of nitrogens with zero attached hydrogens (tertiary/aromatic N) is 3. The van der Waals surface area contributed by atoms with E-state index in [1.54, 1.807) is 12.4 Å². The highest BCUT2D eigenvalue weighted by Crippen LogP contribution is 2.32. The fourth-order valence-corrected chi connectivity index (χ4v) is 3.90. The van der Waals surface area contributed by atoms with E-state index in [0.717, 1.165) is 31.5 Å². The molecule has 0 aliphatic carbocycles. The van der Waals surface area contributed by atoms with Gasteiger partial charge in [0.15, 0.2) is 0 Å². The van der Waals surface area contributed by atoms with Crippen molar-refractivity contribution in [3.63, 3.8) is 0 Å². The van der Waals surface area contributed by atoms with Crippen LogP contribution in [0.1, 0.15) is 16.1 Å². The van der Waals surface area contributed by atoms with Gasteiger partial charge >= 0.3 is 0 Å². The first-order valence-electron chi connectivity index (χ1n) is 7.63. The first kappa shape index (κ1) is 15.1. The Kier molecular flexibility index (Phi) is 4.80. The molecule has 0 aliphatic rings. The van der Waals surface area contributed by atoms with Crippen molar-refractivity contribution in [3.8, 4) is 0 Å². The Balaban J connectivity index is 1.86. The van der Waals surface area contributed by atoms with E-state index in [2.05, 4.69) is 53.2 Å². The maximum absolute atomic E-state index is 4.39. The Bertz CT molecular complexity index is 734. The van der Waals surface area contributed by atoms with Gasteiger partial charge in [0.25, 0.3) is 0 Å². The van der Waals surface area contributed by atoms with E-state index in [-0.39, 0.29) is 0 Å². The summed E-state index contributed by atoms with van der Waals surface area (Å²) in [5, 5.41) is 1.41. The van der Waals surface area contributed by atoms with Crippen molar-refractivity contribution in [2.24, 2.45) is 0 Å². The minimum absolute atomic E-state index is 0.948. The van der Waals surface area contributed by atoms with Crippen LogP contribution in [0.3, 0.4) is 0 Å². The average molecular weight is 311 g/mol. The second-order valence-electron chi connectivity index (χ2n) is 5.75. The number of thiophene rings is 1. The van der Waals surface area contributed by atoms with E-state index in [1.807, 2.05) is 17.5 Å². The van der Waals surface area contributed by atoms with Gasteiger partial charge in [-0.25, -0.2) is 0 Å². The minimum atomic E-state index is 0.948. The van der Waals surface area contributed by atoms with Gasteiger partial charge in [-0.3, -0.25) is 9.97 Å². The van der Waals surface area contributed by atoms with Gasteiger partial charge in [0.05, 0.1) is 5.69 Å². The molecule has 3 rings (SSSR count). The quantitative estimate of drug-likeness (QED) is 0.697. The highest BCUT2D eigenvalue weighted by Gasteiger charge is 2.12. The van der Waals surface area contributed by atoms with Gasteiger partial charge in [-0.05, 0) is 50.4 Å². The van der Waals surface area contributed by atoms with Crippen LogP contribution in [0.5, 0.6) is 0 Å². The van der Waals surface area contributed by atoms with Crippen LogP contribution in [-0.4, -0.2) is 35.5 Å². The van der Waals surface area contributed by atoms with Crippen LogP contribution >= 0.6 is 11.3 Å². The summed E-state index contributed by atoms with van der Waals surface area (Å²) in [6.45, 7) is 1.09. The third-order valence-corrected chi connectivity index (χ3v) is 5.09. The van der Waals surface area contributed by atoms with Crippen LogP contribution < -0.4 is 0 Å². The predicted molar refractivity (Wildman–Crippen MR) is 93.5 cm³/mol. The zero-order valence-corrected chi connectivity index (χ0v) is 13.9. The second-order valence-corrected chi connectivity index (χ2v) is 6.89. The standard InChI is InChI=1S/C18H21N3S/c1-21(2)12-9-18-16(8-7-14-13-19-10-11-20-14)15-5-3-4-6-17(15)22-18/h3-6,10-11,13H,7-9,12H2,1-2H3. The number of aryl methyl sites for hydroxylation is 2. The van der Waals surface area contributed by atoms with E-state index in [9.17, 15) is 0 Å². The van der Waals surface area contributed by atoms with Crippen molar-refractivity contribution in [1.29, 1.82) is 0 Å². The third kappa shape index (κ3) is 3.51. The monoisotopic (exact) mass is 311 g/mol. The van der Waals surface area contributed by atoms with Crippen molar-refractivity contribution >= 4 is 21.4 Å². The van der Waals surface area contributed by atoms with Gasteiger partial charge < -0.3 is 4.90 Å². The highest BCUT2D eigenvalue weighted by molar-refractivity contribution is 7.19. The fraction of sp³-hybridized carbons (Fsp3) is 0.333. The van der Waals surface area contributed by atoms with Crippen LogP contribution in [0.25, 0.3) is 10.1 Å². The Labute approximate surface area is 135 Å². The Morgan fingerprint density at radius 2 is 1.91 bits per heavy atom. The SMILES string of the molecule is CN(C)CCc1sc2ccccc2c1CCc1cnccn1. The van der Waals surface area contributed by atoms with Crippen LogP contribution in [0, 0.1) is 0 Å². The summed E-state index contributed by atoms with van der Waals surface area (Å²) >= 11 is 1.94. The van der Waals surface area contributed by atoms with Crippen molar-refractivity contribution < 1.29 is 0 Å². The predicted octanol–water partition coefficient (Wildman–Crippen LogP) is 3.58. The first-order valence-corrected chi connectivity index (χ1v) is 8.44. The number of aromatic nitrogens is 2. The van der Waals surface area contributed by atoms with Gasteiger partial charge in [-0.1, -0.05) is 18.2 Å². The lowest BCUT2D eigenvalue weighted by atomic mass is 10.0. The molecule has 0 spiro atoms. The van der Waals surface area contributed by atoms with Crippen molar-refractivity contribution in [2.75, 3.05) is 20.6 Å². The molecule has 0 fully saturated rings. The number of rotatable bonds is 6. The van der Waals surface area contributed by atoms with Crippen LogP contribution in [0.4, 0.5) is 0 Å². The van der Waals surface area contributed by atoms with E-state index < -0.39 is 0 Å². The van der Waals surface area contributed by atoms with E-state index in [4.69, 9.17) is 0 Å². The van der Waals surface area contributed by atoms with E-state index >= 15 is 0 Å². The Morgan fingerprint density at radius 3 is 2.68 bits per heavy atom. The summed E-state index contributed by atoms with van der Waals surface area (Å²) in [5.74, 6) is 0. The molecule has 3 aromatic rings. The molecular formula is C18H21N3S. The highest BCUT2D eigenvalue weighted by atomic mass is 32.1. The summed E-state index contributed by atoms with van der Waals surface area (Å²) in [5.41, 5.74) is 2.56. The van der Waals surface area contributed by atoms with Gasteiger partial charge in [0, 0.05) is 34.7 Å². The third-order valence-electron chi connectivity index (χ3n) is 3.82. The molecule has 0 N–H and O–H groups in total. The summed E-state index contributed by atoms with van der Waals surface area (Å²) in [7, 11) is 4.26. The lowest BCUT2D eigenvalue weighted by Crippen LogP contribution is -2.15. The molecule has 0 saturated carbocycles. The topological polar surface area (TPSA) is 29.0 Å². The zero-order valence-electron chi connectivity index (χ0n) is 13.1. The number of benzene rings is 1. The summed E-state index contributed by atoms with van der Waals surface area (Å²) in [6.07, 6.45) is 8.46. The zero-order chi connectivity index (χ0) is 15.4. The molecule has 2 heterocycles. The molecular weight excluding hydrogens is 290 g/mol. The average Bonchev–Trinajstić information content (AvgIpc) is 2.89. The summed E-state index contributed by atoms with van der Waals surface area (Å²) in [4.78, 5) is 12.3. The number of fused-ring (bicyclic) bond motifs is 1. The van der Waals surface area contributed by atoms with Gasteiger partial charge in [0.1, 0.15) is 0 Å². The maximum Gasteiger partial charge on any atom is 0.0589 e. The van der Waals surface area contributed by atoms with Crippen molar-refractivity contribution in [1.82, 2.24) is 14.9 Å². The van der Waals surface area contributed by atoms with Gasteiger partial charge in [-0.2, -0.15) is 0 Å². The molecule has 0 atom stereocenters. The van der Waals surface area contributed by atoms with E-state index in [1.165, 1.54) is 20.5 Å². The van der Waals surface area contributed by atoms with Crippen LogP contribution in [0.2, 0.25) is 0 Å². The number of hydrogen-bond acceptors (Lipinski definition) is 4. The van der Waals surface area contributed by atoms with Gasteiger partial charge in [-0.15, -0.1) is 11.3 Å². The Hall–Kier alpha value is -1.78. The molecule has 114 valence electrons. The normalized spacial score (nSPS) is 11.4. The fourth-order valence-electron chi connectivity index (χ4n) is 2.66. The molecule has 4 heteroatoms. The molecule has 2 aromatic heterocycles. The van der Waals surface area contributed by atoms with Crippen LogP contribution in [0.15, 0.2) is 42.9 Å². The molecule has 0 radical (unpaired) electrons. The molecule has 0 unspecified atom stereocenters. The van der Waals surface area contributed by atoms with E-state index in [0.29, 0.717) is 0 Å². The smallest absolute Gasteiger partial charge is 0.0589 e. The first-order chi connectivity index (χ1) is 10.7. The van der Waals surface area contributed by atoms with Crippen molar-refractivity contribution in [2.45, 2.75) is 19.3 Å². The Morgan fingerprint density at radius 1 is 1.05 bits per heavy atom. The molecule has 0 saturated heterocycles. The molecule has 0 amide bonds. The second kappa shape index (κ2) is 6.99. The molecule has 22 heavy (non-hydrogen) atoms. The number of hydrogen-bond donors (Lipinski definition) is 0.